The van der Waals surface area contributed by atoms with Gasteiger partial charge in [0.25, 0.3) is 0 Å². The summed E-state index contributed by atoms with van der Waals surface area (Å²) >= 11 is 0. The van der Waals surface area contributed by atoms with Gasteiger partial charge in [0.15, 0.2) is 0 Å². The molecule has 0 fully saturated rings. The quantitative estimate of drug-likeness (QED) is 0.855. The molecule has 108 valence electrons. The van der Waals surface area contributed by atoms with Crippen LogP contribution in [0.3, 0.4) is 0 Å². The highest BCUT2D eigenvalue weighted by atomic mass is 16.5. The second-order valence-electron chi connectivity index (χ2n) is 5.72. The van der Waals surface area contributed by atoms with E-state index in [1.54, 1.807) is 7.11 Å². The Balaban J connectivity index is 3.05. The van der Waals surface area contributed by atoms with Crippen LogP contribution < -0.4 is 10.1 Å². The van der Waals surface area contributed by atoms with Crippen molar-refractivity contribution in [3.8, 4) is 5.75 Å². The van der Waals surface area contributed by atoms with Crippen molar-refractivity contribution in [3.63, 3.8) is 0 Å². The molecule has 1 unspecified atom stereocenters. The molecule has 0 aliphatic rings. The van der Waals surface area contributed by atoms with Crippen LogP contribution in [0.2, 0.25) is 0 Å². The van der Waals surface area contributed by atoms with Gasteiger partial charge in [0.05, 0.1) is 7.11 Å². The third-order valence-electron chi connectivity index (χ3n) is 3.49. The van der Waals surface area contributed by atoms with Crippen LogP contribution in [0, 0.1) is 13.8 Å². The Morgan fingerprint density at radius 3 is 2.26 bits per heavy atom. The molecule has 3 heteroatoms. The topological polar surface area (TPSA) is 24.5 Å². The van der Waals surface area contributed by atoms with Crippen molar-refractivity contribution in [1.82, 2.24) is 10.2 Å². The monoisotopic (exact) mass is 264 g/mol. The third kappa shape index (κ3) is 4.22. The number of aryl methyl sites for hydroxylation is 2. The average Bonchev–Trinajstić information content (AvgIpc) is 2.32. The predicted octanol–water partition coefficient (Wildman–Crippen LogP) is 2.91. The summed E-state index contributed by atoms with van der Waals surface area (Å²) in [5, 5.41) is 3.53. The standard InChI is InChI=1S/C16H28N2O/c1-11(2)17-10-15(18(5)6)14-8-13(4)16(19-7)9-12(14)3/h8-9,11,15,17H,10H2,1-7H3. The zero-order valence-corrected chi connectivity index (χ0v) is 13.4. The van der Waals surface area contributed by atoms with E-state index in [0.29, 0.717) is 12.1 Å². The maximum absolute atomic E-state index is 5.39. The zero-order valence-electron chi connectivity index (χ0n) is 13.4. The molecule has 1 rings (SSSR count). The summed E-state index contributed by atoms with van der Waals surface area (Å²) in [4.78, 5) is 2.27. The summed E-state index contributed by atoms with van der Waals surface area (Å²) in [5.74, 6) is 0.968. The first kappa shape index (κ1) is 16.0. The van der Waals surface area contributed by atoms with Gasteiger partial charge in [0.2, 0.25) is 0 Å². The number of likely N-dealkylation sites (N-methyl/N-ethyl adjacent to an activating group) is 1. The minimum absolute atomic E-state index is 0.381. The zero-order chi connectivity index (χ0) is 14.6. The number of methoxy groups -OCH3 is 1. The fraction of sp³-hybridized carbons (Fsp3) is 0.625. The minimum atomic E-state index is 0.381. The van der Waals surface area contributed by atoms with Crippen LogP contribution in [-0.4, -0.2) is 38.7 Å². The SMILES string of the molecule is COc1cc(C)c(C(CNC(C)C)N(C)C)cc1C. The number of rotatable bonds is 6. The number of hydrogen-bond acceptors (Lipinski definition) is 3. The van der Waals surface area contributed by atoms with E-state index in [-0.39, 0.29) is 0 Å². The van der Waals surface area contributed by atoms with Gasteiger partial charge in [-0.25, -0.2) is 0 Å². The van der Waals surface area contributed by atoms with E-state index in [9.17, 15) is 0 Å². The molecule has 0 saturated carbocycles. The molecule has 1 aromatic carbocycles. The smallest absolute Gasteiger partial charge is 0.122 e. The third-order valence-corrected chi connectivity index (χ3v) is 3.49. The molecule has 1 atom stereocenters. The van der Waals surface area contributed by atoms with Crippen molar-refractivity contribution < 1.29 is 4.74 Å². The first-order chi connectivity index (χ1) is 8.86. The van der Waals surface area contributed by atoms with Crippen LogP contribution in [0.5, 0.6) is 5.75 Å². The Hall–Kier alpha value is -1.06. The summed E-state index contributed by atoms with van der Waals surface area (Å²) in [7, 11) is 5.99. The van der Waals surface area contributed by atoms with Crippen molar-refractivity contribution in [2.24, 2.45) is 0 Å². The maximum atomic E-state index is 5.39. The lowest BCUT2D eigenvalue weighted by molar-refractivity contribution is 0.282. The minimum Gasteiger partial charge on any atom is -0.496 e. The molecule has 1 aromatic rings. The van der Waals surface area contributed by atoms with Crippen LogP contribution in [-0.2, 0) is 0 Å². The van der Waals surface area contributed by atoms with Crippen LogP contribution in [0.15, 0.2) is 12.1 Å². The Bertz CT molecular complexity index is 413. The van der Waals surface area contributed by atoms with E-state index in [1.165, 1.54) is 16.7 Å². The second kappa shape index (κ2) is 6.92. The highest BCUT2D eigenvalue weighted by Crippen LogP contribution is 2.28. The summed E-state index contributed by atoms with van der Waals surface area (Å²) in [6.45, 7) is 9.57. The van der Waals surface area contributed by atoms with Crippen molar-refractivity contribution in [2.45, 2.75) is 39.8 Å². The van der Waals surface area contributed by atoms with Gasteiger partial charge >= 0.3 is 0 Å². The van der Waals surface area contributed by atoms with Gasteiger partial charge in [-0.2, -0.15) is 0 Å². The molecule has 0 amide bonds. The average molecular weight is 264 g/mol. The molecule has 0 spiro atoms. The highest BCUT2D eigenvalue weighted by Gasteiger charge is 2.18. The van der Waals surface area contributed by atoms with Crippen molar-refractivity contribution in [2.75, 3.05) is 27.7 Å². The molecular weight excluding hydrogens is 236 g/mol. The Morgan fingerprint density at radius 1 is 1.16 bits per heavy atom. The molecule has 0 aliphatic carbocycles. The van der Waals surface area contributed by atoms with Crippen LogP contribution in [0.4, 0.5) is 0 Å². The van der Waals surface area contributed by atoms with Crippen LogP contribution in [0.25, 0.3) is 0 Å². The Labute approximate surface area is 118 Å². The van der Waals surface area contributed by atoms with Gasteiger partial charge in [-0.1, -0.05) is 19.9 Å². The number of benzene rings is 1. The van der Waals surface area contributed by atoms with Gasteiger partial charge in [-0.15, -0.1) is 0 Å². The second-order valence-corrected chi connectivity index (χ2v) is 5.72. The van der Waals surface area contributed by atoms with Gasteiger partial charge < -0.3 is 15.0 Å². The number of ether oxygens (including phenoxy) is 1. The van der Waals surface area contributed by atoms with Crippen molar-refractivity contribution in [3.05, 3.63) is 28.8 Å². The Kier molecular flexibility index (Phi) is 5.83. The summed E-state index contributed by atoms with van der Waals surface area (Å²) in [6, 6.07) is 5.27. The molecule has 3 nitrogen and oxygen atoms in total. The van der Waals surface area contributed by atoms with Crippen LogP contribution >= 0.6 is 0 Å². The maximum Gasteiger partial charge on any atom is 0.122 e. The van der Waals surface area contributed by atoms with E-state index in [4.69, 9.17) is 4.74 Å². The fourth-order valence-corrected chi connectivity index (χ4v) is 2.31. The molecule has 0 aromatic heterocycles. The lowest BCUT2D eigenvalue weighted by atomic mass is 9.97. The normalized spacial score (nSPS) is 13.1. The van der Waals surface area contributed by atoms with Gasteiger partial charge in [-0.05, 0) is 50.7 Å². The summed E-state index contributed by atoms with van der Waals surface area (Å²) in [5.41, 5.74) is 3.85. The summed E-state index contributed by atoms with van der Waals surface area (Å²) < 4.78 is 5.39. The van der Waals surface area contributed by atoms with Crippen molar-refractivity contribution >= 4 is 0 Å². The molecule has 0 bridgehead atoms. The Morgan fingerprint density at radius 2 is 1.79 bits per heavy atom. The molecule has 0 radical (unpaired) electrons. The lowest BCUT2D eigenvalue weighted by Crippen LogP contribution is -2.34. The molecule has 0 saturated heterocycles. The van der Waals surface area contributed by atoms with Gasteiger partial charge in [0, 0.05) is 18.6 Å². The summed E-state index contributed by atoms with van der Waals surface area (Å²) in [6.07, 6.45) is 0. The van der Waals surface area contributed by atoms with Crippen molar-refractivity contribution in [1.29, 1.82) is 0 Å². The molecular formula is C16H28N2O. The van der Waals surface area contributed by atoms with E-state index in [0.717, 1.165) is 12.3 Å². The van der Waals surface area contributed by atoms with E-state index < -0.39 is 0 Å². The predicted molar refractivity (Wildman–Crippen MR) is 82.0 cm³/mol. The largest absolute Gasteiger partial charge is 0.496 e. The first-order valence-electron chi connectivity index (χ1n) is 6.91. The fourth-order valence-electron chi connectivity index (χ4n) is 2.31. The highest BCUT2D eigenvalue weighted by molar-refractivity contribution is 5.43. The number of hydrogen-bond donors (Lipinski definition) is 1. The van der Waals surface area contributed by atoms with Gasteiger partial charge in [-0.3, -0.25) is 0 Å². The van der Waals surface area contributed by atoms with E-state index in [1.807, 2.05) is 0 Å². The molecule has 19 heavy (non-hydrogen) atoms. The molecule has 0 heterocycles. The van der Waals surface area contributed by atoms with Gasteiger partial charge in [0.1, 0.15) is 5.75 Å². The van der Waals surface area contributed by atoms with E-state index in [2.05, 4.69) is 64.1 Å². The first-order valence-corrected chi connectivity index (χ1v) is 6.91. The van der Waals surface area contributed by atoms with Crippen LogP contribution in [0.1, 0.15) is 36.6 Å². The van der Waals surface area contributed by atoms with E-state index >= 15 is 0 Å². The molecule has 1 N–H and O–H groups in total. The molecule has 0 aliphatic heterocycles. The number of nitrogens with zero attached hydrogens (tertiary/aromatic N) is 1. The lowest BCUT2D eigenvalue weighted by Gasteiger charge is -2.28. The number of nitrogens with one attached hydrogen (secondary N) is 1.